The fourth-order valence-corrected chi connectivity index (χ4v) is 3.93. The Kier molecular flexibility index (Phi) is 5.87. The first-order valence-corrected chi connectivity index (χ1v) is 9.15. The van der Waals surface area contributed by atoms with Crippen molar-refractivity contribution in [3.05, 3.63) is 71.8 Å². The predicted molar refractivity (Wildman–Crippen MR) is 98.8 cm³/mol. The Morgan fingerprint density at radius 1 is 0.826 bits per heavy atom. The van der Waals surface area contributed by atoms with Crippen LogP contribution in [0.2, 0.25) is 0 Å². The molecule has 1 saturated carbocycles. The standard InChI is InChI=1S/C22H29N/c1-23(21-15-9-4-10-16-21)18-17-22(19-11-5-2-6-12-19)20-13-7-3-8-14-20/h2-3,5-8,11-14,21-22H,4,9-10,15-18H2,1H3. The average Bonchev–Trinajstić information content (AvgIpc) is 2.64. The summed E-state index contributed by atoms with van der Waals surface area (Å²) in [5.74, 6) is 0.503. The zero-order valence-electron chi connectivity index (χ0n) is 14.3. The molecule has 0 amide bonds. The molecule has 0 spiro atoms. The molecule has 0 radical (unpaired) electrons. The van der Waals surface area contributed by atoms with E-state index in [4.69, 9.17) is 0 Å². The Labute approximate surface area is 141 Å². The number of hydrogen-bond acceptors (Lipinski definition) is 1. The fourth-order valence-electron chi connectivity index (χ4n) is 3.93. The van der Waals surface area contributed by atoms with Crippen LogP contribution < -0.4 is 0 Å². The molecule has 0 heterocycles. The highest BCUT2D eigenvalue weighted by Gasteiger charge is 2.20. The van der Waals surface area contributed by atoms with Gasteiger partial charge in [0, 0.05) is 12.0 Å². The Morgan fingerprint density at radius 3 is 1.87 bits per heavy atom. The van der Waals surface area contributed by atoms with Gasteiger partial charge >= 0.3 is 0 Å². The second-order valence-electron chi connectivity index (χ2n) is 6.94. The molecule has 0 saturated heterocycles. The number of nitrogens with zero attached hydrogens (tertiary/aromatic N) is 1. The third-order valence-corrected chi connectivity index (χ3v) is 5.37. The summed E-state index contributed by atoms with van der Waals surface area (Å²) in [6, 6.07) is 22.8. The van der Waals surface area contributed by atoms with Gasteiger partial charge in [-0.3, -0.25) is 0 Å². The monoisotopic (exact) mass is 307 g/mol. The Hall–Kier alpha value is -1.60. The van der Waals surface area contributed by atoms with Crippen molar-refractivity contribution in [3.8, 4) is 0 Å². The quantitative estimate of drug-likeness (QED) is 0.683. The molecule has 1 fully saturated rings. The van der Waals surface area contributed by atoms with Gasteiger partial charge in [0.25, 0.3) is 0 Å². The lowest BCUT2D eigenvalue weighted by molar-refractivity contribution is 0.188. The molecular weight excluding hydrogens is 278 g/mol. The maximum atomic E-state index is 2.61. The van der Waals surface area contributed by atoms with Crippen molar-refractivity contribution in [1.29, 1.82) is 0 Å². The SMILES string of the molecule is CN(CCC(c1ccccc1)c1ccccc1)C1CCCCC1. The van der Waals surface area contributed by atoms with Crippen molar-refractivity contribution in [2.24, 2.45) is 0 Å². The highest BCUT2D eigenvalue weighted by Crippen LogP contribution is 2.29. The average molecular weight is 307 g/mol. The van der Waals surface area contributed by atoms with Crippen LogP contribution in [0.4, 0.5) is 0 Å². The lowest BCUT2D eigenvalue weighted by Gasteiger charge is -2.32. The minimum Gasteiger partial charge on any atom is -0.303 e. The van der Waals surface area contributed by atoms with Gasteiger partial charge in [-0.05, 0) is 44.0 Å². The lowest BCUT2D eigenvalue weighted by Crippen LogP contribution is -2.34. The minimum atomic E-state index is 0.503. The van der Waals surface area contributed by atoms with Crippen LogP contribution in [0.25, 0.3) is 0 Å². The maximum Gasteiger partial charge on any atom is 0.0101 e. The van der Waals surface area contributed by atoms with E-state index < -0.39 is 0 Å². The van der Waals surface area contributed by atoms with Crippen LogP contribution in [0.15, 0.2) is 60.7 Å². The molecule has 0 atom stereocenters. The van der Waals surface area contributed by atoms with Crippen LogP contribution in [-0.2, 0) is 0 Å². The fraction of sp³-hybridized carbons (Fsp3) is 0.455. The van der Waals surface area contributed by atoms with Crippen molar-refractivity contribution in [3.63, 3.8) is 0 Å². The Balaban J connectivity index is 1.69. The summed E-state index contributed by atoms with van der Waals surface area (Å²) in [6.07, 6.45) is 8.23. The van der Waals surface area contributed by atoms with Crippen LogP contribution in [0, 0.1) is 0 Å². The van der Waals surface area contributed by atoms with Gasteiger partial charge in [0.15, 0.2) is 0 Å². The normalized spacial score (nSPS) is 16.1. The summed E-state index contributed by atoms with van der Waals surface area (Å²) in [4.78, 5) is 2.61. The van der Waals surface area contributed by atoms with Gasteiger partial charge in [-0.2, -0.15) is 0 Å². The first-order valence-electron chi connectivity index (χ1n) is 9.15. The molecule has 3 rings (SSSR count). The van der Waals surface area contributed by atoms with E-state index in [2.05, 4.69) is 72.6 Å². The molecule has 1 aliphatic carbocycles. The zero-order valence-corrected chi connectivity index (χ0v) is 14.3. The van der Waals surface area contributed by atoms with Crippen molar-refractivity contribution in [2.45, 2.75) is 50.5 Å². The highest BCUT2D eigenvalue weighted by molar-refractivity contribution is 5.32. The molecule has 0 aromatic heterocycles. The molecule has 122 valence electrons. The molecular formula is C22H29N. The third kappa shape index (κ3) is 4.45. The van der Waals surface area contributed by atoms with Crippen molar-refractivity contribution in [2.75, 3.05) is 13.6 Å². The summed E-state index contributed by atoms with van der Waals surface area (Å²) in [6.45, 7) is 1.18. The third-order valence-electron chi connectivity index (χ3n) is 5.37. The number of hydrogen-bond donors (Lipinski definition) is 0. The van der Waals surface area contributed by atoms with Gasteiger partial charge in [-0.25, -0.2) is 0 Å². The molecule has 0 bridgehead atoms. The van der Waals surface area contributed by atoms with E-state index in [0.717, 1.165) is 6.04 Å². The molecule has 0 aliphatic heterocycles. The summed E-state index contributed by atoms with van der Waals surface area (Å²) in [7, 11) is 2.32. The summed E-state index contributed by atoms with van der Waals surface area (Å²) < 4.78 is 0. The summed E-state index contributed by atoms with van der Waals surface area (Å²) in [5.41, 5.74) is 2.88. The van der Waals surface area contributed by atoms with Crippen LogP contribution >= 0.6 is 0 Å². The first kappa shape index (κ1) is 16.3. The molecule has 0 N–H and O–H groups in total. The van der Waals surface area contributed by atoms with E-state index in [0.29, 0.717) is 5.92 Å². The van der Waals surface area contributed by atoms with Gasteiger partial charge in [0.2, 0.25) is 0 Å². The van der Waals surface area contributed by atoms with Gasteiger partial charge in [-0.15, -0.1) is 0 Å². The number of rotatable bonds is 6. The lowest BCUT2D eigenvalue weighted by atomic mass is 9.88. The Bertz CT molecular complexity index is 518. The van der Waals surface area contributed by atoms with Crippen molar-refractivity contribution >= 4 is 0 Å². The topological polar surface area (TPSA) is 3.24 Å². The molecule has 1 nitrogen and oxygen atoms in total. The minimum absolute atomic E-state index is 0.503. The van der Waals surface area contributed by atoms with Gasteiger partial charge in [0.1, 0.15) is 0 Å². The summed E-state index contributed by atoms with van der Waals surface area (Å²) in [5, 5.41) is 0. The van der Waals surface area contributed by atoms with Gasteiger partial charge in [0.05, 0.1) is 0 Å². The molecule has 1 aliphatic rings. The molecule has 1 heteroatoms. The van der Waals surface area contributed by atoms with E-state index >= 15 is 0 Å². The molecule has 0 unspecified atom stereocenters. The van der Waals surface area contributed by atoms with Crippen molar-refractivity contribution in [1.82, 2.24) is 4.90 Å². The van der Waals surface area contributed by atoms with Gasteiger partial charge < -0.3 is 4.90 Å². The Morgan fingerprint density at radius 2 is 1.35 bits per heavy atom. The molecule has 23 heavy (non-hydrogen) atoms. The van der Waals surface area contributed by atoms with E-state index in [-0.39, 0.29) is 0 Å². The second-order valence-corrected chi connectivity index (χ2v) is 6.94. The van der Waals surface area contributed by atoms with Crippen LogP contribution in [0.3, 0.4) is 0 Å². The molecule has 2 aromatic rings. The van der Waals surface area contributed by atoms with Crippen LogP contribution in [0.5, 0.6) is 0 Å². The van der Waals surface area contributed by atoms with Crippen molar-refractivity contribution < 1.29 is 0 Å². The van der Waals surface area contributed by atoms with E-state index in [1.165, 1.54) is 56.2 Å². The second kappa shape index (κ2) is 8.31. The zero-order chi connectivity index (χ0) is 15.9. The summed E-state index contributed by atoms with van der Waals surface area (Å²) >= 11 is 0. The number of benzene rings is 2. The van der Waals surface area contributed by atoms with Crippen LogP contribution in [0.1, 0.15) is 55.6 Å². The van der Waals surface area contributed by atoms with Gasteiger partial charge in [-0.1, -0.05) is 79.9 Å². The first-order chi connectivity index (χ1) is 11.3. The largest absolute Gasteiger partial charge is 0.303 e. The van der Waals surface area contributed by atoms with E-state index in [9.17, 15) is 0 Å². The maximum absolute atomic E-state index is 2.61. The van der Waals surface area contributed by atoms with E-state index in [1.54, 1.807) is 0 Å². The smallest absolute Gasteiger partial charge is 0.0101 e. The van der Waals surface area contributed by atoms with E-state index in [1.807, 2.05) is 0 Å². The molecule has 2 aromatic carbocycles. The predicted octanol–water partition coefficient (Wildman–Crippen LogP) is 5.47. The highest BCUT2D eigenvalue weighted by atomic mass is 15.1. The van der Waals surface area contributed by atoms with Crippen LogP contribution in [-0.4, -0.2) is 24.5 Å².